The fourth-order valence-electron chi connectivity index (χ4n) is 3.33. The Morgan fingerprint density at radius 3 is 2.52 bits per heavy atom. The van der Waals surface area contributed by atoms with Crippen LogP contribution in [0.15, 0.2) is 52.0 Å². The maximum Gasteiger partial charge on any atom is 0.276 e. The van der Waals surface area contributed by atoms with Crippen LogP contribution in [0.3, 0.4) is 0 Å². The summed E-state index contributed by atoms with van der Waals surface area (Å²) in [6.45, 7) is 5.66. The van der Waals surface area contributed by atoms with Gasteiger partial charge in [0.25, 0.3) is 11.5 Å². The predicted octanol–water partition coefficient (Wildman–Crippen LogP) is 1.06. The molecular formula is C20H22N6O3. The molecule has 0 aliphatic carbocycles. The van der Waals surface area contributed by atoms with Gasteiger partial charge >= 0.3 is 0 Å². The van der Waals surface area contributed by atoms with E-state index in [0.717, 1.165) is 24.3 Å². The Morgan fingerprint density at radius 1 is 1.07 bits per heavy atom. The molecule has 0 unspecified atom stereocenters. The quantitative estimate of drug-likeness (QED) is 0.638. The number of nitrogens with zero attached hydrogens (tertiary/aromatic N) is 6. The molecule has 4 rings (SSSR count). The summed E-state index contributed by atoms with van der Waals surface area (Å²) in [6.07, 6.45) is 3.40. The first kappa shape index (κ1) is 19.0. The molecule has 1 fully saturated rings. The number of aryl methyl sites for hydroxylation is 1. The van der Waals surface area contributed by atoms with Crippen LogP contribution in [-0.2, 0) is 6.54 Å². The first-order valence-electron chi connectivity index (χ1n) is 9.54. The van der Waals surface area contributed by atoms with Gasteiger partial charge in [-0.05, 0) is 25.1 Å². The van der Waals surface area contributed by atoms with E-state index in [4.69, 9.17) is 4.52 Å². The Balaban J connectivity index is 1.34. The minimum atomic E-state index is -0.127. The maximum absolute atomic E-state index is 12.4. The van der Waals surface area contributed by atoms with E-state index in [-0.39, 0.29) is 11.5 Å². The lowest BCUT2D eigenvalue weighted by Crippen LogP contribution is -2.49. The topological polar surface area (TPSA) is 97.4 Å². The number of hydrogen-bond donors (Lipinski definition) is 0. The average molecular weight is 394 g/mol. The second kappa shape index (κ2) is 8.36. The summed E-state index contributed by atoms with van der Waals surface area (Å²) in [7, 11) is 0. The van der Waals surface area contributed by atoms with Gasteiger partial charge in [0.05, 0.1) is 12.2 Å². The van der Waals surface area contributed by atoms with Gasteiger partial charge in [-0.25, -0.2) is 4.68 Å². The zero-order valence-corrected chi connectivity index (χ0v) is 16.2. The molecule has 1 aliphatic heterocycles. The van der Waals surface area contributed by atoms with E-state index in [0.29, 0.717) is 37.6 Å². The number of amides is 1. The molecule has 0 saturated carbocycles. The molecule has 0 N–H and O–H groups in total. The molecule has 150 valence electrons. The van der Waals surface area contributed by atoms with Gasteiger partial charge in [0.15, 0.2) is 5.69 Å². The standard InChI is InChI=1S/C20H22N6O3/c1-15-14-18(23-29-15)20(28)25-11-8-24(9-12-25)10-13-26-19(27)3-2-17(22-26)16-4-6-21-7-5-16/h2-7,14H,8-13H2,1H3. The summed E-state index contributed by atoms with van der Waals surface area (Å²) in [5, 5.41) is 8.28. The molecular weight excluding hydrogens is 372 g/mol. The fourth-order valence-corrected chi connectivity index (χ4v) is 3.33. The number of carbonyl (C=O) groups excluding carboxylic acids is 1. The Hall–Kier alpha value is -3.33. The van der Waals surface area contributed by atoms with Crippen LogP contribution in [0.1, 0.15) is 16.2 Å². The van der Waals surface area contributed by atoms with E-state index < -0.39 is 0 Å². The highest BCUT2D eigenvalue weighted by molar-refractivity contribution is 5.92. The highest BCUT2D eigenvalue weighted by Gasteiger charge is 2.24. The van der Waals surface area contributed by atoms with Crippen LogP contribution in [0.4, 0.5) is 0 Å². The zero-order valence-electron chi connectivity index (χ0n) is 16.2. The summed E-state index contributed by atoms with van der Waals surface area (Å²) in [6, 6.07) is 8.65. The third kappa shape index (κ3) is 4.40. The Morgan fingerprint density at radius 2 is 1.83 bits per heavy atom. The van der Waals surface area contributed by atoms with Crippen molar-refractivity contribution in [1.82, 2.24) is 29.7 Å². The first-order chi connectivity index (χ1) is 14.1. The van der Waals surface area contributed by atoms with Crippen molar-refractivity contribution < 1.29 is 9.32 Å². The van der Waals surface area contributed by atoms with Crippen LogP contribution in [0, 0.1) is 6.92 Å². The number of piperazine rings is 1. The van der Waals surface area contributed by atoms with E-state index in [2.05, 4.69) is 20.1 Å². The van der Waals surface area contributed by atoms with E-state index >= 15 is 0 Å². The van der Waals surface area contributed by atoms with Crippen molar-refractivity contribution >= 4 is 5.91 Å². The predicted molar refractivity (Wildman–Crippen MR) is 105 cm³/mol. The SMILES string of the molecule is Cc1cc(C(=O)N2CCN(CCn3nc(-c4ccncc4)ccc3=O)CC2)no1. The van der Waals surface area contributed by atoms with E-state index in [1.165, 1.54) is 4.68 Å². The molecule has 3 aromatic rings. The van der Waals surface area contributed by atoms with Crippen molar-refractivity contribution in [3.05, 3.63) is 64.5 Å². The minimum absolute atomic E-state index is 0.107. The summed E-state index contributed by atoms with van der Waals surface area (Å²) in [4.78, 5) is 32.6. The van der Waals surface area contributed by atoms with Gasteiger partial charge in [0, 0.05) is 62.8 Å². The summed E-state index contributed by atoms with van der Waals surface area (Å²) in [5.74, 6) is 0.517. The highest BCUT2D eigenvalue weighted by atomic mass is 16.5. The molecule has 4 heterocycles. The van der Waals surface area contributed by atoms with Crippen LogP contribution in [0.2, 0.25) is 0 Å². The Labute approximate surface area is 167 Å². The average Bonchev–Trinajstić information content (AvgIpc) is 3.20. The molecule has 0 radical (unpaired) electrons. The molecule has 0 aromatic carbocycles. The summed E-state index contributed by atoms with van der Waals surface area (Å²) >= 11 is 0. The zero-order chi connectivity index (χ0) is 20.2. The third-order valence-electron chi connectivity index (χ3n) is 4.98. The van der Waals surface area contributed by atoms with Gasteiger partial charge in [-0.2, -0.15) is 5.10 Å². The number of pyridine rings is 1. The van der Waals surface area contributed by atoms with Gasteiger partial charge in [0.1, 0.15) is 5.76 Å². The van der Waals surface area contributed by atoms with Crippen molar-refractivity contribution in [2.75, 3.05) is 32.7 Å². The van der Waals surface area contributed by atoms with Crippen LogP contribution in [0.5, 0.6) is 0 Å². The van der Waals surface area contributed by atoms with Crippen LogP contribution >= 0.6 is 0 Å². The minimum Gasteiger partial charge on any atom is -0.361 e. The normalized spacial score (nSPS) is 14.9. The van der Waals surface area contributed by atoms with Crippen LogP contribution in [0.25, 0.3) is 11.3 Å². The molecule has 1 saturated heterocycles. The molecule has 1 aliphatic rings. The smallest absolute Gasteiger partial charge is 0.276 e. The third-order valence-corrected chi connectivity index (χ3v) is 4.98. The van der Waals surface area contributed by atoms with Gasteiger partial charge in [-0.15, -0.1) is 0 Å². The molecule has 3 aromatic heterocycles. The molecule has 0 spiro atoms. The molecule has 1 amide bonds. The summed E-state index contributed by atoms with van der Waals surface area (Å²) < 4.78 is 6.48. The van der Waals surface area contributed by atoms with Gasteiger partial charge in [-0.1, -0.05) is 5.16 Å². The number of aromatic nitrogens is 4. The first-order valence-corrected chi connectivity index (χ1v) is 9.54. The van der Waals surface area contributed by atoms with Crippen molar-refractivity contribution in [3.8, 4) is 11.3 Å². The molecule has 9 nitrogen and oxygen atoms in total. The van der Waals surface area contributed by atoms with Gasteiger partial charge < -0.3 is 9.42 Å². The molecule has 29 heavy (non-hydrogen) atoms. The van der Waals surface area contributed by atoms with E-state index in [1.807, 2.05) is 12.1 Å². The number of hydrogen-bond acceptors (Lipinski definition) is 7. The lowest BCUT2D eigenvalue weighted by Gasteiger charge is -2.34. The Bertz CT molecular complexity index is 1040. The number of carbonyl (C=O) groups is 1. The molecule has 0 atom stereocenters. The second-order valence-corrected chi connectivity index (χ2v) is 6.97. The van der Waals surface area contributed by atoms with E-state index in [9.17, 15) is 9.59 Å². The van der Waals surface area contributed by atoms with Crippen molar-refractivity contribution in [1.29, 1.82) is 0 Å². The van der Waals surface area contributed by atoms with Gasteiger partial charge in [-0.3, -0.25) is 19.5 Å². The van der Waals surface area contributed by atoms with Crippen molar-refractivity contribution in [2.24, 2.45) is 0 Å². The lowest BCUT2D eigenvalue weighted by atomic mass is 10.2. The fraction of sp³-hybridized carbons (Fsp3) is 0.350. The highest BCUT2D eigenvalue weighted by Crippen LogP contribution is 2.13. The van der Waals surface area contributed by atoms with E-state index in [1.54, 1.807) is 42.4 Å². The van der Waals surface area contributed by atoms with Crippen LogP contribution in [-0.4, -0.2) is 68.4 Å². The Kier molecular flexibility index (Phi) is 5.48. The summed E-state index contributed by atoms with van der Waals surface area (Å²) in [5.41, 5.74) is 1.88. The largest absolute Gasteiger partial charge is 0.361 e. The number of rotatable bonds is 5. The molecule has 9 heteroatoms. The maximum atomic E-state index is 12.4. The van der Waals surface area contributed by atoms with Crippen molar-refractivity contribution in [2.45, 2.75) is 13.5 Å². The van der Waals surface area contributed by atoms with Crippen LogP contribution < -0.4 is 5.56 Å². The second-order valence-electron chi connectivity index (χ2n) is 6.97. The monoisotopic (exact) mass is 394 g/mol. The van der Waals surface area contributed by atoms with Crippen molar-refractivity contribution in [3.63, 3.8) is 0 Å². The van der Waals surface area contributed by atoms with Gasteiger partial charge in [0.2, 0.25) is 0 Å². The molecule has 0 bridgehead atoms. The lowest BCUT2D eigenvalue weighted by molar-refractivity contribution is 0.0621.